The van der Waals surface area contributed by atoms with Gasteiger partial charge in [0.2, 0.25) is 5.82 Å². The number of rotatable bonds is 5. The summed E-state index contributed by atoms with van der Waals surface area (Å²) >= 11 is 1.50. The minimum atomic E-state index is -0.681. The Morgan fingerprint density at radius 1 is 1.54 bits per heavy atom. The number of pyridine rings is 1. The van der Waals surface area contributed by atoms with Crippen LogP contribution in [0.2, 0.25) is 0 Å². The van der Waals surface area contributed by atoms with Gasteiger partial charge in [-0.25, -0.2) is 4.98 Å². The second-order valence-electron chi connectivity index (χ2n) is 6.35. The second kappa shape index (κ2) is 6.30. The molecule has 0 amide bonds. The Bertz CT molecular complexity index is 681. The molecule has 1 unspecified atom stereocenters. The lowest BCUT2D eigenvalue weighted by molar-refractivity contribution is -0.384. The molecule has 0 saturated carbocycles. The molecule has 3 atom stereocenters. The number of hydrogen-bond acceptors (Lipinski definition) is 8. The molecule has 2 fully saturated rings. The van der Waals surface area contributed by atoms with Crippen LogP contribution in [0.4, 0.5) is 11.5 Å². The maximum Gasteiger partial charge on any atom is 0.311 e. The van der Waals surface area contributed by atoms with E-state index in [0.717, 1.165) is 0 Å². The normalized spacial score (nSPS) is 27.7. The van der Waals surface area contributed by atoms with Crippen LogP contribution in [-0.2, 0) is 14.3 Å². The van der Waals surface area contributed by atoms with Crippen LogP contribution >= 0.6 is 11.8 Å². The predicted molar refractivity (Wildman–Crippen MR) is 89.2 cm³/mol. The standard InChI is InChI=1S/C15H19N3O5S/c1-8-4-9(18(20)21)14(16-5-8)17-6-10(19)13-12-11(7-24-13)22-15(2,3)23-12/h4-5,11-13H,6-7H2,1-3H3,(H,16,17)/t11?,12-,13-/m0/s1. The minimum absolute atomic E-state index is 0.0401. The third-order valence-corrected chi connectivity index (χ3v) is 5.32. The molecule has 2 aliphatic heterocycles. The molecule has 0 aliphatic carbocycles. The Hall–Kier alpha value is -1.71. The van der Waals surface area contributed by atoms with Crippen molar-refractivity contribution in [1.29, 1.82) is 0 Å². The number of carbonyl (C=O) groups is 1. The van der Waals surface area contributed by atoms with E-state index in [1.807, 2.05) is 13.8 Å². The Kier molecular flexibility index (Phi) is 4.50. The molecule has 1 aromatic rings. The van der Waals surface area contributed by atoms with E-state index in [0.29, 0.717) is 11.3 Å². The number of thioether (sulfide) groups is 1. The summed E-state index contributed by atoms with van der Waals surface area (Å²) < 4.78 is 11.6. The van der Waals surface area contributed by atoms with Crippen LogP contribution < -0.4 is 5.32 Å². The molecule has 3 heterocycles. The summed E-state index contributed by atoms with van der Waals surface area (Å²) in [6, 6.07) is 1.43. The lowest BCUT2D eigenvalue weighted by atomic mass is 10.1. The number of nitro groups is 1. The molecule has 24 heavy (non-hydrogen) atoms. The Balaban J connectivity index is 1.66. The molecule has 0 spiro atoms. The lowest BCUT2D eigenvalue weighted by Crippen LogP contribution is -2.36. The van der Waals surface area contributed by atoms with Crippen molar-refractivity contribution < 1.29 is 19.2 Å². The van der Waals surface area contributed by atoms with Crippen molar-refractivity contribution >= 4 is 29.1 Å². The SMILES string of the molecule is Cc1cnc(NCC(=O)[C@@H]2SCC3OC(C)(C)O[C@@H]32)c([N+](=O)[O-])c1. The van der Waals surface area contributed by atoms with E-state index in [4.69, 9.17) is 9.47 Å². The smallest absolute Gasteiger partial charge is 0.311 e. The number of hydrogen-bond donors (Lipinski definition) is 1. The number of ether oxygens (including phenoxy) is 2. The third kappa shape index (κ3) is 3.38. The summed E-state index contributed by atoms with van der Waals surface area (Å²) in [5.74, 6) is 0.0420. The summed E-state index contributed by atoms with van der Waals surface area (Å²) in [6.07, 6.45) is 1.16. The van der Waals surface area contributed by atoms with Gasteiger partial charge in [-0.2, -0.15) is 0 Å². The monoisotopic (exact) mass is 353 g/mol. The first kappa shape index (κ1) is 17.1. The highest BCUT2D eigenvalue weighted by Crippen LogP contribution is 2.41. The molecule has 1 aromatic heterocycles. The summed E-state index contributed by atoms with van der Waals surface area (Å²) in [4.78, 5) is 27.1. The Labute approximate surface area is 143 Å². The van der Waals surface area contributed by atoms with E-state index in [2.05, 4.69) is 10.3 Å². The van der Waals surface area contributed by atoms with Crippen LogP contribution in [0.25, 0.3) is 0 Å². The quantitative estimate of drug-likeness (QED) is 0.632. The van der Waals surface area contributed by atoms with Crippen molar-refractivity contribution in [3.63, 3.8) is 0 Å². The van der Waals surface area contributed by atoms with Gasteiger partial charge in [0, 0.05) is 18.0 Å². The number of aryl methyl sites for hydroxylation is 1. The highest BCUT2D eigenvalue weighted by molar-refractivity contribution is 8.01. The van der Waals surface area contributed by atoms with Crippen LogP contribution in [0.5, 0.6) is 0 Å². The van der Waals surface area contributed by atoms with E-state index in [1.165, 1.54) is 24.0 Å². The van der Waals surface area contributed by atoms with Gasteiger partial charge in [0.15, 0.2) is 11.6 Å². The van der Waals surface area contributed by atoms with Crippen molar-refractivity contribution in [1.82, 2.24) is 4.98 Å². The third-order valence-electron chi connectivity index (χ3n) is 3.91. The molecule has 1 N–H and O–H groups in total. The van der Waals surface area contributed by atoms with Gasteiger partial charge in [-0.3, -0.25) is 14.9 Å². The molecule has 2 saturated heterocycles. The number of ketones is 1. The van der Waals surface area contributed by atoms with Gasteiger partial charge in [-0.05, 0) is 26.3 Å². The van der Waals surface area contributed by atoms with E-state index < -0.39 is 10.7 Å². The van der Waals surface area contributed by atoms with Crippen molar-refractivity contribution in [3.05, 3.63) is 27.9 Å². The van der Waals surface area contributed by atoms with Crippen LogP contribution in [-0.4, -0.2) is 51.2 Å². The predicted octanol–water partition coefficient (Wildman–Crippen LogP) is 1.91. The maximum atomic E-state index is 12.5. The molecule has 2 aliphatic rings. The molecule has 8 nitrogen and oxygen atoms in total. The maximum absolute atomic E-state index is 12.5. The number of nitrogens with zero attached hydrogens (tertiary/aromatic N) is 2. The van der Waals surface area contributed by atoms with Gasteiger partial charge >= 0.3 is 5.69 Å². The summed E-state index contributed by atoms with van der Waals surface area (Å²) in [7, 11) is 0. The lowest BCUT2D eigenvalue weighted by Gasteiger charge is -2.21. The second-order valence-corrected chi connectivity index (χ2v) is 7.52. The number of anilines is 1. The average molecular weight is 353 g/mol. The molecule has 9 heteroatoms. The fourth-order valence-corrected chi connectivity index (χ4v) is 4.26. The number of nitrogens with one attached hydrogen (secondary N) is 1. The number of carbonyl (C=O) groups excluding carboxylic acids is 1. The van der Waals surface area contributed by atoms with Gasteiger partial charge in [0.05, 0.1) is 22.8 Å². The van der Waals surface area contributed by atoms with Crippen molar-refractivity contribution in [2.75, 3.05) is 17.6 Å². The van der Waals surface area contributed by atoms with E-state index in [9.17, 15) is 14.9 Å². The Morgan fingerprint density at radius 3 is 3.00 bits per heavy atom. The molecular weight excluding hydrogens is 334 g/mol. The zero-order chi connectivity index (χ0) is 17.5. The number of fused-ring (bicyclic) bond motifs is 1. The van der Waals surface area contributed by atoms with Crippen molar-refractivity contribution in [3.8, 4) is 0 Å². The van der Waals surface area contributed by atoms with Crippen molar-refractivity contribution in [2.24, 2.45) is 0 Å². The first-order chi connectivity index (χ1) is 11.3. The molecule has 0 bridgehead atoms. The summed E-state index contributed by atoms with van der Waals surface area (Å²) in [5, 5.41) is 13.5. The van der Waals surface area contributed by atoms with Gasteiger partial charge in [-0.15, -0.1) is 11.8 Å². The fourth-order valence-electron chi connectivity index (χ4n) is 2.92. The highest BCUT2D eigenvalue weighted by atomic mass is 32.2. The van der Waals surface area contributed by atoms with E-state index in [-0.39, 0.29) is 41.3 Å². The minimum Gasteiger partial charge on any atom is -0.357 e. The zero-order valence-electron chi connectivity index (χ0n) is 13.6. The highest BCUT2D eigenvalue weighted by Gasteiger charge is 2.51. The van der Waals surface area contributed by atoms with E-state index >= 15 is 0 Å². The fraction of sp³-hybridized carbons (Fsp3) is 0.600. The van der Waals surface area contributed by atoms with Crippen molar-refractivity contribution in [2.45, 2.75) is 44.0 Å². The molecule has 3 rings (SSSR count). The summed E-state index contributed by atoms with van der Waals surface area (Å²) in [5.41, 5.74) is 0.549. The number of aromatic nitrogens is 1. The Morgan fingerprint density at radius 2 is 2.29 bits per heavy atom. The summed E-state index contributed by atoms with van der Waals surface area (Å²) in [6.45, 7) is 5.34. The van der Waals surface area contributed by atoms with Crippen LogP contribution in [0, 0.1) is 17.0 Å². The van der Waals surface area contributed by atoms with Gasteiger partial charge in [0.1, 0.15) is 6.10 Å². The molecule has 130 valence electrons. The first-order valence-corrected chi connectivity index (χ1v) is 8.66. The van der Waals surface area contributed by atoms with Gasteiger partial charge in [-0.1, -0.05) is 0 Å². The van der Waals surface area contributed by atoms with Gasteiger partial charge < -0.3 is 14.8 Å². The first-order valence-electron chi connectivity index (χ1n) is 7.62. The van der Waals surface area contributed by atoms with Crippen LogP contribution in [0.1, 0.15) is 19.4 Å². The van der Waals surface area contributed by atoms with E-state index in [1.54, 1.807) is 6.92 Å². The van der Waals surface area contributed by atoms with Crippen LogP contribution in [0.3, 0.4) is 0 Å². The topological polar surface area (TPSA) is 104 Å². The van der Waals surface area contributed by atoms with Gasteiger partial charge in [0.25, 0.3) is 0 Å². The zero-order valence-corrected chi connectivity index (χ0v) is 14.5. The largest absolute Gasteiger partial charge is 0.357 e. The van der Waals surface area contributed by atoms with Crippen LogP contribution in [0.15, 0.2) is 12.3 Å². The molecule has 0 aromatic carbocycles. The molecule has 0 radical (unpaired) electrons. The number of Topliss-reactive ketones (excluding diaryl/α,β-unsaturated/α-hetero) is 1. The molecular formula is C15H19N3O5S. The average Bonchev–Trinajstić information content (AvgIpc) is 3.00.